The number of ether oxygens (including phenoxy) is 3. The van der Waals surface area contributed by atoms with Gasteiger partial charge in [-0.25, -0.2) is 4.98 Å². The Labute approximate surface area is 169 Å². The minimum Gasteiger partial charge on any atom is -0.496 e. The molecule has 1 aromatic carbocycles. The standard InChI is InChI=1S/C20H17N3O5S/c1-25-12-7-16(26-2)13(17(8-12)27-3)9-22-23-11-21-19-18(20(23)24)14(10-29-19)15-5-4-6-28-15/h4-11H,1-3H3/b22-9-. The summed E-state index contributed by atoms with van der Waals surface area (Å²) in [5.41, 5.74) is 0.960. The molecule has 4 aromatic rings. The normalized spacial score (nSPS) is 11.3. The number of nitrogens with zero attached hydrogens (tertiary/aromatic N) is 3. The van der Waals surface area contributed by atoms with Gasteiger partial charge in [0.05, 0.1) is 44.8 Å². The van der Waals surface area contributed by atoms with Crippen LogP contribution in [0.15, 0.2) is 56.5 Å². The second kappa shape index (κ2) is 7.80. The first kappa shape index (κ1) is 18.8. The van der Waals surface area contributed by atoms with Crippen LogP contribution < -0.4 is 19.8 Å². The summed E-state index contributed by atoms with van der Waals surface area (Å²) in [5.74, 6) is 2.19. The van der Waals surface area contributed by atoms with Gasteiger partial charge in [0.25, 0.3) is 5.56 Å². The number of methoxy groups -OCH3 is 3. The number of aromatic nitrogens is 2. The maximum atomic E-state index is 13.0. The van der Waals surface area contributed by atoms with Crippen LogP contribution in [-0.2, 0) is 0 Å². The first-order valence-electron chi connectivity index (χ1n) is 8.53. The van der Waals surface area contributed by atoms with Crippen molar-refractivity contribution in [1.29, 1.82) is 0 Å². The number of benzene rings is 1. The van der Waals surface area contributed by atoms with Crippen LogP contribution in [0.5, 0.6) is 17.2 Å². The van der Waals surface area contributed by atoms with E-state index >= 15 is 0 Å². The molecule has 3 heterocycles. The third-order valence-electron chi connectivity index (χ3n) is 4.33. The van der Waals surface area contributed by atoms with Gasteiger partial charge >= 0.3 is 0 Å². The highest BCUT2D eigenvalue weighted by atomic mass is 32.1. The molecule has 0 saturated carbocycles. The van der Waals surface area contributed by atoms with Crippen LogP contribution in [0.25, 0.3) is 21.5 Å². The zero-order valence-electron chi connectivity index (χ0n) is 15.9. The molecule has 0 atom stereocenters. The Balaban J connectivity index is 1.81. The van der Waals surface area contributed by atoms with Crippen LogP contribution in [0, 0.1) is 0 Å². The fourth-order valence-corrected chi connectivity index (χ4v) is 3.79. The fraction of sp³-hybridized carbons (Fsp3) is 0.150. The van der Waals surface area contributed by atoms with E-state index in [9.17, 15) is 4.79 Å². The zero-order valence-corrected chi connectivity index (χ0v) is 16.7. The smallest absolute Gasteiger partial charge is 0.283 e. The van der Waals surface area contributed by atoms with Gasteiger partial charge in [-0.05, 0) is 12.1 Å². The van der Waals surface area contributed by atoms with Crippen molar-refractivity contribution in [3.8, 4) is 28.6 Å². The molecule has 0 unspecified atom stereocenters. The zero-order chi connectivity index (χ0) is 20.4. The van der Waals surface area contributed by atoms with Crippen LogP contribution in [0.3, 0.4) is 0 Å². The third kappa shape index (κ3) is 3.36. The molecule has 29 heavy (non-hydrogen) atoms. The van der Waals surface area contributed by atoms with Crippen LogP contribution in [0.1, 0.15) is 5.56 Å². The third-order valence-corrected chi connectivity index (χ3v) is 5.22. The lowest BCUT2D eigenvalue weighted by Crippen LogP contribution is -2.17. The Morgan fingerprint density at radius 2 is 1.93 bits per heavy atom. The number of furan rings is 1. The Kier molecular flexibility index (Phi) is 5.05. The van der Waals surface area contributed by atoms with Gasteiger partial charge in [-0.1, -0.05) is 0 Å². The average molecular weight is 411 g/mol. The predicted molar refractivity (Wildman–Crippen MR) is 111 cm³/mol. The van der Waals surface area contributed by atoms with Gasteiger partial charge in [-0.15, -0.1) is 11.3 Å². The molecule has 0 aliphatic heterocycles. The van der Waals surface area contributed by atoms with Crippen LogP contribution in [-0.4, -0.2) is 37.2 Å². The summed E-state index contributed by atoms with van der Waals surface area (Å²) in [7, 11) is 4.62. The second-order valence-corrected chi connectivity index (χ2v) is 6.75. The first-order valence-corrected chi connectivity index (χ1v) is 9.41. The van der Waals surface area contributed by atoms with E-state index in [0.29, 0.717) is 44.4 Å². The quantitative estimate of drug-likeness (QED) is 0.450. The molecule has 9 heteroatoms. The van der Waals surface area contributed by atoms with E-state index in [2.05, 4.69) is 10.1 Å². The highest BCUT2D eigenvalue weighted by Crippen LogP contribution is 2.33. The van der Waals surface area contributed by atoms with Crippen molar-refractivity contribution >= 4 is 27.8 Å². The van der Waals surface area contributed by atoms with Crippen LogP contribution in [0.4, 0.5) is 0 Å². The lowest BCUT2D eigenvalue weighted by Gasteiger charge is -2.12. The minimum absolute atomic E-state index is 0.301. The molecule has 0 spiro atoms. The van der Waals surface area contributed by atoms with Gasteiger partial charge in [0.2, 0.25) is 0 Å². The molecule has 8 nitrogen and oxygen atoms in total. The maximum Gasteiger partial charge on any atom is 0.283 e. The van der Waals surface area contributed by atoms with Gasteiger partial charge in [-0.2, -0.15) is 9.78 Å². The topological polar surface area (TPSA) is 88.1 Å². The molecule has 0 amide bonds. The van der Waals surface area contributed by atoms with E-state index in [1.165, 1.54) is 42.8 Å². The molecule has 4 rings (SSSR count). The largest absolute Gasteiger partial charge is 0.496 e. The van der Waals surface area contributed by atoms with Crippen molar-refractivity contribution in [3.63, 3.8) is 0 Å². The highest BCUT2D eigenvalue weighted by Gasteiger charge is 2.15. The Hall–Kier alpha value is -3.59. The summed E-state index contributed by atoms with van der Waals surface area (Å²) >= 11 is 1.38. The molecule has 0 bridgehead atoms. The Bertz CT molecular complexity index is 1220. The fourth-order valence-electron chi connectivity index (χ4n) is 2.90. The van der Waals surface area contributed by atoms with Gasteiger partial charge in [0.1, 0.15) is 34.2 Å². The molecule has 0 fully saturated rings. The maximum absolute atomic E-state index is 13.0. The monoisotopic (exact) mass is 411 g/mol. The second-order valence-electron chi connectivity index (χ2n) is 5.89. The van der Waals surface area contributed by atoms with Crippen molar-refractivity contribution in [3.05, 3.63) is 58.2 Å². The van der Waals surface area contributed by atoms with E-state index in [0.717, 1.165) is 0 Å². The SMILES string of the molecule is COc1cc(OC)c(/C=N\n2cnc3scc(-c4ccco4)c3c2=O)c(OC)c1. The molecule has 0 aliphatic carbocycles. The molecule has 0 saturated heterocycles. The van der Waals surface area contributed by atoms with Gasteiger partial charge < -0.3 is 18.6 Å². The van der Waals surface area contributed by atoms with Crippen LogP contribution in [0.2, 0.25) is 0 Å². The molecule has 0 aliphatic rings. The number of fused-ring (bicyclic) bond motifs is 1. The van der Waals surface area contributed by atoms with Gasteiger partial charge in [-0.3, -0.25) is 4.79 Å². The molecular weight excluding hydrogens is 394 g/mol. The predicted octanol–water partition coefficient (Wildman–Crippen LogP) is 3.63. The van der Waals surface area contributed by atoms with Crippen molar-refractivity contribution < 1.29 is 18.6 Å². The number of hydrogen-bond donors (Lipinski definition) is 0. The van der Waals surface area contributed by atoms with E-state index in [1.54, 1.807) is 37.6 Å². The molecule has 3 aromatic heterocycles. The summed E-state index contributed by atoms with van der Waals surface area (Å²) in [6.07, 6.45) is 4.44. The summed E-state index contributed by atoms with van der Waals surface area (Å²) in [6.45, 7) is 0. The first-order chi connectivity index (χ1) is 14.2. The molecule has 148 valence electrons. The lowest BCUT2D eigenvalue weighted by molar-refractivity contribution is 0.374. The van der Waals surface area contributed by atoms with E-state index in [-0.39, 0.29) is 5.56 Å². The van der Waals surface area contributed by atoms with E-state index in [1.807, 2.05) is 5.38 Å². The number of hydrogen-bond acceptors (Lipinski definition) is 8. The van der Waals surface area contributed by atoms with Crippen molar-refractivity contribution in [2.45, 2.75) is 0 Å². The Morgan fingerprint density at radius 1 is 1.17 bits per heavy atom. The molecular formula is C20H17N3O5S. The highest BCUT2D eigenvalue weighted by molar-refractivity contribution is 7.17. The number of thiophene rings is 1. The van der Waals surface area contributed by atoms with Gasteiger partial charge in [0, 0.05) is 23.1 Å². The average Bonchev–Trinajstić information content (AvgIpc) is 3.42. The summed E-state index contributed by atoms with van der Waals surface area (Å²) in [4.78, 5) is 18.0. The van der Waals surface area contributed by atoms with E-state index < -0.39 is 0 Å². The van der Waals surface area contributed by atoms with Crippen molar-refractivity contribution in [2.24, 2.45) is 5.10 Å². The summed E-state index contributed by atoms with van der Waals surface area (Å²) in [5, 5.41) is 6.60. The Morgan fingerprint density at radius 3 is 2.55 bits per heavy atom. The minimum atomic E-state index is -0.301. The molecule has 0 N–H and O–H groups in total. The lowest BCUT2D eigenvalue weighted by atomic mass is 10.2. The van der Waals surface area contributed by atoms with E-state index in [4.69, 9.17) is 18.6 Å². The van der Waals surface area contributed by atoms with Gasteiger partial charge in [0.15, 0.2) is 0 Å². The van der Waals surface area contributed by atoms with Crippen molar-refractivity contribution in [1.82, 2.24) is 9.66 Å². The van der Waals surface area contributed by atoms with Crippen molar-refractivity contribution in [2.75, 3.05) is 21.3 Å². The number of rotatable bonds is 6. The molecule has 0 radical (unpaired) electrons. The summed E-state index contributed by atoms with van der Waals surface area (Å²) in [6, 6.07) is 6.99. The van der Waals surface area contributed by atoms with Crippen LogP contribution >= 0.6 is 11.3 Å². The summed E-state index contributed by atoms with van der Waals surface area (Å²) < 4.78 is 22.7.